The van der Waals surface area contributed by atoms with E-state index < -0.39 is 0 Å². The molecule has 116 valence electrons. The third-order valence-electron chi connectivity index (χ3n) is 4.35. The van der Waals surface area contributed by atoms with Gasteiger partial charge in [0, 0.05) is 51.0 Å². The Labute approximate surface area is 129 Å². The molecule has 0 aromatic carbocycles. The van der Waals surface area contributed by atoms with E-state index in [1.165, 1.54) is 0 Å². The van der Waals surface area contributed by atoms with Crippen molar-refractivity contribution in [3.05, 3.63) is 12.4 Å². The van der Waals surface area contributed by atoms with Crippen LogP contribution in [0, 0.1) is 5.92 Å². The molecule has 0 bridgehead atoms. The number of aromatic nitrogens is 2. The standard InChI is InChI=1S/C14H21ClN4O2/c15-18-11-7-12(8-11)21-14-13(16-3-4-17-14)19-5-1-10(9-20)2-6-19/h3-4,10-12,18,20H,1-2,5-9H2/t11-,12+. The van der Waals surface area contributed by atoms with Crippen molar-refractivity contribution in [2.45, 2.75) is 37.8 Å². The highest BCUT2D eigenvalue weighted by Gasteiger charge is 2.32. The lowest BCUT2D eigenvalue weighted by atomic mass is 9.90. The highest BCUT2D eigenvalue weighted by Crippen LogP contribution is 2.31. The van der Waals surface area contributed by atoms with Crippen LogP contribution in [0.4, 0.5) is 5.82 Å². The molecule has 2 fully saturated rings. The lowest BCUT2D eigenvalue weighted by Gasteiger charge is -2.36. The Morgan fingerprint density at radius 1 is 1.29 bits per heavy atom. The third kappa shape index (κ3) is 3.39. The number of nitrogens with zero attached hydrogens (tertiary/aromatic N) is 3. The van der Waals surface area contributed by atoms with Crippen molar-refractivity contribution in [1.29, 1.82) is 0 Å². The Morgan fingerprint density at radius 3 is 2.67 bits per heavy atom. The van der Waals surface area contributed by atoms with E-state index in [0.717, 1.165) is 44.6 Å². The summed E-state index contributed by atoms with van der Waals surface area (Å²) in [5.41, 5.74) is 0. The van der Waals surface area contributed by atoms with Gasteiger partial charge in [0.15, 0.2) is 5.82 Å². The third-order valence-corrected chi connectivity index (χ3v) is 4.65. The van der Waals surface area contributed by atoms with Gasteiger partial charge in [-0.25, -0.2) is 14.8 Å². The van der Waals surface area contributed by atoms with E-state index in [2.05, 4.69) is 19.7 Å². The first-order valence-corrected chi connectivity index (χ1v) is 7.87. The van der Waals surface area contributed by atoms with E-state index in [-0.39, 0.29) is 12.7 Å². The predicted molar refractivity (Wildman–Crippen MR) is 80.5 cm³/mol. The van der Waals surface area contributed by atoms with E-state index >= 15 is 0 Å². The van der Waals surface area contributed by atoms with Gasteiger partial charge in [0.05, 0.1) is 0 Å². The van der Waals surface area contributed by atoms with Gasteiger partial charge in [-0.2, -0.15) is 0 Å². The zero-order valence-corrected chi connectivity index (χ0v) is 12.7. The quantitative estimate of drug-likeness (QED) is 0.800. The number of nitrogens with one attached hydrogen (secondary N) is 1. The normalized spacial score (nSPS) is 26.5. The van der Waals surface area contributed by atoms with E-state index in [1.807, 2.05) is 0 Å². The summed E-state index contributed by atoms with van der Waals surface area (Å²) in [6.45, 7) is 2.04. The number of anilines is 1. The van der Waals surface area contributed by atoms with Crippen molar-refractivity contribution < 1.29 is 9.84 Å². The minimum atomic E-state index is 0.159. The number of aliphatic hydroxyl groups excluding tert-OH is 1. The van der Waals surface area contributed by atoms with E-state index in [1.54, 1.807) is 12.4 Å². The van der Waals surface area contributed by atoms with Gasteiger partial charge in [-0.1, -0.05) is 0 Å². The van der Waals surface area contributed by atoms with Crippen LogP contribution in [0.15, 0.2) is 12.4 Å². The highest BCUT2D eigenvalue weighted by molar-refractivity contribution is 6.13. The topological polar surface area (TPSA) is 70.5 Å². The van der Waals surface area contributed by atoms with Crippen LogP contribution in [0.3, 0.4) is 0 Å². The molecule has 2 N–H and O–H groups in total. The van der Waals surface area contributed by atoms with Gasteiger partial charge in [-0.15, -0.1) is 0 Å². The number of aliphatic hydroxyl groups is 1. The van der Waals surface area contributed by atoms with Crippen molar-refractivity contribution in [2.75, 3.05) is 24.6 Å². The molecule has 0 amide bonds. The Kier molecular flexibility index (Phi) is 4.77. The fourth-order valence-electron chi connectivity index (χ4n) is 2.85. The first-order valence-electron chi connectivity index (χ1n) is 7.49. The second-order valence-electron chi connectivity index (χ2n) is 5.82. The zero-order valence-electron chi connectivity index (χ0n) is 11.9. The molecule has 0 spiro atoms. The number of piperidine rings is 1. The molecule has 2 heterocycles. The summed E-state index contributed by atoms with van der Waals surface area (Å²) in [7, 11) is 0. The fraction of sp³-hybridized carbons (Fsp3) is 0.714. The van der Waals surface area contributed by atoms with Crippen LogP contribution >= 0.6 is 11.8 Å². The minimum Gasteiger partial charge on any atom is -0.472 e. The lowest BCUT2D eigenvalue weighted by Crippen LogP contribution is -2.44. The van der Waals surface area contributed by atoms with Crippen LogP contribution in [0.5, 0.6) is 5.88 Å². The average Bonchev–Trinajstić information content (AvgIpc) is 2.51. The molecule has 0 atom stereocenters. The first kappa shape index (κ1) is 14.8. The molecule has 3 rings (SSSR count). The highest BCUT2D eigenvalue weighted by atomic mass is 35.5. The fourth-order valence-corrected chi connectivity index (χ4v) is 3.03. The van der Waals surface area contributed by atoms with E-state index in [9.17, 15) is 5.11 Å². The van der Waals surface area contributed by atoms with Gasteiger partial charge in [0.1, 0.15) is 6.10 Å². The van der Waals surface area contributed by atoms with Crippen molar-refractivity contribution >= 4 is 17.6 Å². The van der Waals surface area contributed by atoms with Gasteiger partial charge >= 0.3 is 0 Å². The Balaban J connectivity index is 1.63. The van der Waals surface area contributed by atoms with Gasteiger partial charge < -0.3 is 14.7 Å². The summed E-state index contributed by atoms with van der Waals surface area (Å²) in [5, 5.41) is 9.22. The number of hydrogen-bond donors (Lipinski definition) is 2. The lowest BCUT2D eigenvalue weighted by molar-refractivity contribution is 0.0898. The summed E-state index contributed by atoms with van der Waals surface area (Å²) in [6, 6.07) is 0.331. The van der Waals surface area contributed by atoms with Crippen molar-refractivity contribution in [2.24, 2.45) is 5.92 Å². The molecule has 1 aromatic heterocycles. The maximum Gasteiger partial charge on any atom is 0.257 e. The van der Waals surface area contributed by atoms with Crippen LogP contribution in [0.25, 0.3) is 0 Å². The summed E-state index contributed by atoms with van der Waals surface area (Å²) < 4.78 is 5.96. The molecule has 1 saturated heterocycles. The number of rotatable bonds is 5. The average molecular weight is 313 g/mol. The van der Waals surface area contributed by atoms with E-state index in [4.69, 9.17) is 16.5 Å². The Bertz CT molecular complexity index is 462. The molecule has 1 aromatic rings. The SMILES string of the molecule is OCC1CCN(c2nccnc2O[C@H]2C[C@@H](NCl)C2)CC1. The van der Waals surface area contributed by atoms with Crippen molar-refractivity contribution in [3.63, 3.8) is 0 Å². The molecule has 2 aliphatic rings. The minimum absolute atomic E-state index is 0.159. The Morgan fingerprint density at radius 2 is 2.00 bits per heavy atom. The molecule has 6 nitrogen and oxygen atoms in total. The maximum atomic E-state index is 9.22. The van der Waals surface area contributed by atoms with Crippen LogP contribution in [-0.2, 0) is 0 Å². The van der Waals surface area contributed by atoms with Crippen molar-refractivity contribution in [1.82, 2.24) is 14.8 Å². The molecule has 21 heavy (non-hydrogen) atoms. The van der Waals surface area contributed by atoms with Gasteiger partial charge in [-0.3, -0.25) is 0 Å². The molecular weight excluding hydrogens is 292 g/mol. The molecular formula is C14H21ClN4O2. The summed E-state index contributed by atoms with van der Waals surface area (Å²) in [5.74, 6) is 1.83. The second kappa shape index (κ2) is 6.77. The smallest absolute Gasteiger partial charge is 0.257 e. The summed E-state index contributed by atoms with van der Waals surface area (Å²) in [4.78, 5) is 13.7. The molecule has 0 radical (unpaired) electrons. The first-order chi connectivity index (χ1) is 10.3. The number of halogens is 1. The molecule has 1 aliphatic carbocycles. The molecule has 0 unspecified atom stereocenters. The largest absolute Gasteiger partial charge is 0.472 e. The number of hydrogen-bond acceptors (Lipinski definition) is 6. The molecule has 7 heteroatoms. The van der Waals surface area contributed by atoms with Gasteiger partial charge in [-0.05, 0) is 30.5 Å². The monoisotopic (exact) mass is 312 g/mol. The summed E-state index contributed by atoms with van der Waals surface area (Å²) >= 11 is 5.59. The summed E-state index contributed by atoms with van der Waals surface area (Å²) in [6.07, 6.45) is 7.27. The van der Waals surface area contributed by atoms with Crippen LogP contribution < -0.4 is 14.5 Å². The van der Waals surface area contributed by atoms with Gasteiger partial charge in [0.25, 0.3) is 5.88 Å². The zero-order chi connectivity index (χ0) is 14.7. The van der Waals surface area contributed by atoms with Crippen LogP contribution in [0.2, 0.25) is 0 Å². The van der Waals surface area contributed by atoms with Gasteiger partial charge in [0.2, 0.25) is 0 Å². The Hall–Kier alpha value is -1.11. The van der Waals surface area contributed by atoms with Crippen molar-refractivity contribution in [3.8, 4) is 5.88 Å². The predicted octanol–water partition coefficient (Wildman–Crippen LogP) is 1.34. The molecule has 1 saturated carbocycles. The number of ether oxygens (including phenoxy) is 1. The van der Waals surface area contributed by atoms with E-state index in [0.29, 0.717) is 17.8 Å². The van der Waals surface area contributed by atoms with Crippen LogP contribution in [0.1, 0.15) is 25.7 Å². The second-order valence-corrected chi connectivity index (χ2v) is 6.03. The molecule has 1 aliphatic heterocycles. The van der Waals surface area contributed by atoms with Crippen LogP contribution in [-0.4, -0.2) is 46.9 Å². The maximum absolute atomic E-state index is 9.22.